The van der Waals surface area contributed by atoms with Gasteiger partial charge in [0.1, 0.15) is 11.9 Å². The van der Waals surface area contributed by atoms with Crippen LogP contribution in [0, 0.1) is 6.92 Å². The van der Waals surface area contributed by atoms with Crippen LogP contribution in [0.25, 0.3) is 0 Å². The number of imidazole rings is 1. The highest BCUT2D eigenvalue weighted by Crippen LogP contribution is 2.19. The van der Waals surface area contributed by atoms with E-state index in [4.69, 9.17) is 0 Å². The van der Waals surface area contributed by atoms with E-state index in [9.17, 15) is 9.59 Å². The average molecular weight is 326 g/mol. The van der Waals surface area contributed by atoms with Crippen LogP contribution >= 0.6 is 0 Å². The summed E-state index contributed by atoms with van der Waals surface area (Å²) in [6.07, 6.45) is 5.33. The van der Waals surface area contributed by atoms with E-state index in [1.165, 1.54) is 6.92 Å². The first-order valence-electron chi connectivity index (χ1n) is 8.19. The number of hydrogen-bond acceptors (Lipinski definition) is 3. The molecule has 1 unspecified atom stereocenters. The van der Waals surface area contributed by atoms with Crippen LogP contribution in [-0.2, 0) is 16.1 Å². The van der Waals surface area contributed by atoms with Crippen molar-refractivity contribution in [2.24, 2.45) is 0 Å². The zero-order valence-electron chi connectivity index (χ0n) is 14.0. The molecule has 2 heterocycles. The van der Waals surface area contributed by atoms with Gasteiger partial charge in [-0.2, -0.15) is 0 Å². The standard InChI is InChI=1S/C18H22N4O2/c1-13-19-9-11-21(13)12-15-5-7-16(8-6-15)20-18(24)17-4-3-10-22(17)14(2)23/h5-9,11,17H,3-4,10,12H2,1-2H3,(H,20,24). The number of nitrogens with one attached hydrogen (secondary N) is 1. The monoisotopic (exact) mass is 326 g/mol. The van der Waals surface area contributed by atoms with E-state index in [1.54, 1.807) is 11.1 Å². The van der Waals surface area contributed by atoms with Crippen molar-refractivity contribution in [3.8, 4) is 0 Å². The first-order valence-corrected chi connectivity index (χ1v) is 8.19. The molecule has 1 saturated heterocycles. The molecule has 1 aromatic heterocycles. The lowest BCUT2D eigenvalue weighted by atomic mass is 10.1. The molecule has 0 saturated carbocycles. The number of nitrogens with zero attached hydrogens (tertiary/aromatic N) is 3. The largest absolute Gasteiger partial charge is 0.331 e. The summed E-state index contributed by atoms with van der Waals surface area (Å²) >= 11 is 0. The van der Waals surface area contributed by atoms with Crippen LogP contribution < -0.4 is 5.32 Å². The van der Waals surface area contributed by atoms with E-state index >= 15 is 0 Å². The molecular weight excluding hydrogens is 304 g/mol. The van der Waals surface area contributed by atoms with E-state index in [2.05, 4.69) is 14.9 Å². The van der Waals surface area contributed by atoms with E-state index in [1.807, 2.05) is 37.4 Å². The highest BCUT2D eigenvalue weighted by atomic mass is 16.2. The van der Waals surface area contributed by atoms with E-state index in [0.29, 0.717) is 6.54 Å². The summed E-state index contributed by atoms with van der Waals surface area (Å²) in [5.41, 5.74) is 1.89. The fraction of sp³-hybridized carbons (Fsp3) is 0.389. The van der Waals surface area contributed by atoms with Gasteiger partial charge in [-0.1, -0.05) is 12.1 Å². The summed E-state index contributed by atoms with van der Waals surface area (Å²) in [5, 5.41) is 2.91. The van der Waals surface area contributed by atoms with E-state index in [0.717, 1.165) is 36.5 Å². The zero-order valence-corrected chi connectivity index (χ0v) is 14.0. The summed E-state index contributed by atoms with van der Waals surface area (Å²) in [7, 11) is 0. The van der Waals surface area contributed by atoms with Gasteiger partial charge in [0.2, 0.25) is 11.8 Å². The Kier molecular flexibility index (Phi) is 4.64. The van der Waals surface area contributed by atoms with Gasteiger partial charge in [-0.05, 0) is 37.5 Å². The van der Waals surface area contributed by atoms with Crippen LogP contribution in [0.15, 0.2) is 36.7 Å². The van der Waals surface area contributed by atoms with Gasteiger partial charge >= 0.3 is 0 Å². The number of carbonyl (C=O) groups is 2. The molecule has 6 heteroatoms. The minimum Gasteiger partial charge on any atom is -0.331 e. The lowest BCUT2D eigenvalue weighted by molar-refractivity contribution is -0.134. The van der Waals surface area contributed by atoms with Crippen molar-refractivity contribution in [1.29, 1.82) is 0 Å². The molecule has 0 radical (unpaired) electrons. The Morgan fingerprint density at radius 2 is 2.04 bits per heavy atom. The van der Waals surface area contributed by atoms with Crippen molar-refractivity contribution < 1.29 is 9.59 Å². The molecule has 1 aromatic carbocycles. The van der Waals surface area contributed by atoms with Gasteiger partial charge in [0.15, 0.2) is 0 Å². The predicted molar refractivity (Wildman–Crippen MR) is 91.5 cm³/mol. The molecule has 6 nitrogen and oxygen atoms in total. The van der Waals surface area contributed by atoms with Crippen molar-refractivity contribution >= 4 is 17.5 Å². The first-order chi connectivity index (χ1) is 11.5. The van der Waals surface area contributed by atoms with Crippen molar-refractivity contribution in [2.75, 3.05) is 11.9 Å². The van der Waals surface area contributed by atoms with Crippen LogP contribution in [0.4, 0.5) is 5.69 Å². The maximum atomic E-state index is 12.4. The van der Waals surface area contributed by atoms with Gasteiger partial charge in [-0.15, -0.1) is 0 Å². The van der Waals surface area contributed by atoms with Gasteiger partial charge in [-0.25, -0.2) is 4.98 Å². The topological polar surface area (TPSA) is 67.2 Å². The van der Waals surface area contributed by atoms with Gasteiger partial charge in [0, 0.05) is 38.1 Å². The first kappa shape index (κ1) is 16.2. The summed E-state index contributed by atoms with van der Waals surface area (Å²) < 4.78 is 2.07. The number of carbonyl (C=O) groups excluding carboxylic acids is 2. The SMILES string of the molecule is CC(=O)N1CCCC1C(=O)Nc1ccc(Cn2ccnc2C)cc1. The van der Waals surface area contributed by atoms with Gasteiger partial charge in [0.05, 0.1) is 0 Å². The minimum atomic E-state index is -0.351. The third kappa shape index (κ3) is 3.48. The third-order valence-corrected chi connectivity index (χ3v) is 4.46. The second kappa shape index (κ2) is 6.86. The van der Waals surface area contributed by atoms with Crippen molar-refractivity contribution in [2.45, 2.75) is 39.3 Å². The predicted octanol–water partition coefficient (Wildman–Crippen LogP) is 2.19. The van der Waals surface area contributed by atoms with Crippen LogP contribution in [0.2, 0.25) is 0 Å². The summed E-state index contributed by atoms with van der Waals surface area (Å²) in [6, 6.07) is 7.42. The van der Waals surface area contributed by atoms with Gasteiger partial charge < -0.3 is 14.8 Å². The molecule has 0 aliphatic carbocycles. The Morgan fingerprint density at radius 3 is 2.67 bits per heavy atom. The van der Waals surface area contributed by atoms with E-state index in [-0.39, 0.29) is 17.9 Å². The number of benzene rings is 1. The number of hydrogen-bond donors (Lipinski definition) is 1. The van der Waals surface area contributed by atoms with Crippen molar-refractivity contribution in [1.82, 2.24) is 14.5 Å². The van der Waals surface area contributed by atoms with Gasteiger partial charge in [-0.3, -0.25) is 9.59 Å². The molecule has 2 amide bonds. The molecule has 0 bridgehead atoms. The molecule has 126 valence electrons. The highest BCUT2D eigenvalue weighted by molar-refractivity contribution is 5.97. The Hall–Kier alpha value is -2.63. The molecule has 1 fully saturated rings. The smallest absolute Gasteiger partial charge is 0.247 e. The second-order valence-electron chi connectivity index (χ2n) is 6.16. The fourth-order valence-electron chi connectivity index (χ4n) is 3.10. The summed E-state index contributed by atoms with van der Waals surface area (Å²) in [6.45, 7) is 4.90. The molecule has 1 aliphatic rings. The average Bonchev–Trinajstić information content (AvgIpc) is 3.19. The number of amides is 2. The van der Waals surface area contributed by atoms with Gasteiger partial charge in [0.25, 0.3) is 0 Å². The fourth-order valence-corrected chi connectivity index (χ4v) is 3.10. The highest BCUT2D eigenvalue weighted by Gasteiger charge is 2.32. The van der Waals surface area contributed by atoms with Crippen LogP contribution in [0.3, 0.4) is 0 Å². The molecule has 0 spiro atoms. The number of aromatic nitrogens is 2. The molecule has 24 heavy (non-hydrogen) atoms. The van der Waals surface area contributed by atoms with Crippen LogP contribution in [0.1, 0.15) is 31.2 Å². The molecule has 1 atom stereocenters. The molecule has 1 aliphatic heterocycles. The third-order valence-electron chi connectivity index (χ3n) is 4.46. The number of likely N-dealkylation sites (tertiary alicyclic amines) is 1. The normalized spacial score (nSPS) is 17.1. The molecule has 3 rings (SSSR count). The maximum Gasteiger partial charge on any atom is 0.247 e. The molecule has 2 aromatic rings. The Balaban J connectivity index is 1.63. The number of aryl methyl sites for hydroxylation is 1. The second-order valence-corrected chi connectivity index (χ2v) is 6.16. The Morgan fingerprint density at radius 1 is 1.29 bits per heavy atom. The minimum absolute atomic E-state index is 0.0429. The lowest BCUT2D eigenvalue weighted by Gasteiger charge is -2.22. The lowest BCUT2D eigenvalue weighted by Crippen LogP contribution is -2.42. The number of rotatable bonds is 4. The maximum absolute atomic E-state index is 12.4. The quantitative estimate of drug-likeness (QED) is 0.936. The Bertz CT molecular complexity index is 736. The van der Waals surface area contributed by atoms with Crippen molar-refractivity contribution in [3.63, 3.8) is 0 Å². The molecule has 1 N–H and O–H groups in total. The molecular formula is C18H22N4O2. The zero-order chi connectivity index (χ0) is 17.1. The van der Waals surface area contributed by atoms with Crippen molar-refractivity contribution in [3.05, 3.63) is 48.0 Å². The van der Waals surface area contributed by atoms with Crippen LogP contribution in [0.5, 0.6) is 0 Å². The van der Waals surface area contributed by atoms with Crippen LogP contribution in [-0.4, -0.2) is 38.9 Å². The van der Waals surface area contributed by atoms with E-state index < -0.39 is 0 Å². The summed E-state index contributed by atoms with van der Waals surface area (Å²) in [4.78, 5) is 29.8. The number of anilines is 1. The Labute approximate surface area is 141 Å². The summed E-state index contributed by atoms with van der Waals surface area (Å²) in [5.74, 6) is 0.817.